The van der Waals surface area contributed by atoms with Crippen molar-refractivity contribution in [3.63, 3.8) is 0 Å². The van der Waals surface area contributed by atoms with Crippen LogP contribution >= 0.6 is 35.0 Å². The van der Waals surface area contributed by atoms with Crippen LogP contribution < -0.4 is 0 Å². The van der Waals surface area contributed by atoms with E-state index in [0.717, 1.165) is 22.0 Å². The molecular formula is C12H12Cl2N2S. The van der Waals surface area contributed by atoms with Crippen molar-refractivity contribution in [1.82, 2.24) is 9.78 Å². The summed E-state index contributed by atoms with van der Waals surface area (Å²) in [6, 6.07) is 5.54. The van der Waals surface area contributed by atoms with Crippen molar-refractivity contribution in [2.45, 2.75) is 30.2 Å². The summed E-state index contributed by atoms with van der Waals surface area (Å²) in [7, 11) is 0. The van der Waals surface area contributed by atoms with Gasteiger partial charge in [0.25, 0.3) is 0 Å². The Balaban J connectivity index is 2.27. The Hall–Kier alpha value is -0.640. The zero-order valence-electron chi connectivity index (χ0n) is 9.58. The number of aromatic nitrogens is 2. The minimum atomic E-state index is 0.653. The molecule has 2 aromatic rings. The number of hydrogen-bond donors (Lipinski definition) is 0. The molecule has 5 heteroatoms. The van der Waals surface area contributed by atoms with Crippen LogP contribution in [0.1, 0.15) is 12.6 Å². The van der Waals surface area contributed by atoms with E-state index >= 15 is 0 Å². The van der Waals surface area contributed by atoms with Crippen LogP contribution in [0.2, 0.25) is 10.0 Å². The van der Waals surface area contributed by atoms with Crippen LogP contribution in [0.15, 0.2) is 34.2 Å². The number of halogens is 2. The van der Waals surface area contributed by atoms with Gasteiger partial charge < -0.3 is 0 Å². The number of rotatable bonds is 3. The Morgan fingerprint density at radius 3 is 2.41 bits per heavy atom. The number of aryl methyl sites for hydroxylation is 2. The van der Waals surface area contributed by atoms with E-state index < -0.39 is 0 Å². The van der Waals surface area contributed by atoms with Gasteiger partial charge in [0.2, 0.25) is 0 Å². The van der Waals surface area contributed by atoms with Gasteiger partial charge in [-0.1, -0.05) is 35.0 Å². The molecule has 0 amide bonds. The van der Waals surface area contributed by atoms with E-state index in [-0.39, 0.29) is 0 Å². The van der Waals surface area contributed by atoms with Crippen molar-refractivity contribution in [3.8, 4) is 0 Å². The first-order chi connectivity index (χ1) is 8.08. The molecule has 0 atom stereocenters. The standard InChI is InChI=1S/C12H12Cl2N2S/c1-3-16-7-12(8(2)15-16)17-11-5-9(13)4-10(14)6-11/h4-7H,3H2,1-2H3. The molecule has 2 nitrogen and oxygen atoms in total. The summed E-state index contributed by atoms with van der Waals surface area (Å²) in [4.78, 5) is 2.16. The fourth-order valence-corrected chi connectivity index (χ4v) is 3.12. The fraction of sp³-hybridized carbons (Fsp3) is 0.250. The summed E-state index contributed by atoms with van der Waals surface area (Å²) in [5.41, 5.74) is 1.02. The molecule has 1 aromatic carbocycles. The number of benzene rings is 1. The Labute approximate surface area is 115 Å². The molecule has 0 N–H and O–H groups in total. The molecular weight excluding hydrogens is 275 g/mol. The second-order valence-corrected chi connectivity index (χ2v) is 5.63. The highest BCUT2D eigenvalue weighted by atomic mass is 35.5. The third-order valence-electron chi connectivity index (χ3n) is 2.29. The van der Waals surface area contributed by atoms with Crippen molar-refractivity contribution in [2.24, 2.45) is 0 Å². The Kier molecular flexibility index (Phi) is 4.02. The van der Waals surface area contributed by atoms with Gasteiger partial charge in [-0.2, -0.15) is 5.10 Å². The van der Waals surface area contributed by atoms with E-state index in [0.29, 0.717) is 10.0 Å². The largest absolute Gasteiger partial charge is 0.272 e. The summed E-state index contributed by atoms with van der Waals surface area (Å²) >= 11 is 13.6. The molecule has 0 saturated carbocycles. The topological polar surface area (TPSA) is 17.8 Å². The molecule has 1 aromatic heterocycles. The summed E-state index contributed by atoms with van der Waals surface area (Å²) in [6.45, 7) is 4.94. The van der Waals surface area contributed by atoms with Crippen LogP contribution in [0.25, 0.3) is 0 Å². The first-order valence-electron chi connectivity index (χ1n) is 5.26. The van der Waals surface area contributed by atoms with E-state index in [4.69, 9.17) is 23.2 Å². The Morgan fingerprint density at radius 1 is 1.24 bits per heavy atom. The Morgan fingerprint density at radius 2 is 1.88 bits per heavy atom. The molecule has 90 valence electrons. The molecule has 1 heterocycles. The van der Waals surface area contributed by atoms with Crippen molar-refractivity contribution in [2.75, 3.05) is 0 Å². The zero-order chi connectivity index (χ0) is 12.4. The SMILES string of the molecule is CCn1cc(Sc2cc(Cl)cc(Cl)c2)c(C)n1. The lowest BCUT2D eigenvalue weighted by Crippen LogP contribution is -1.93. The van der Waals surface area contributed by atoms with Gasteiger partial charge in [0.15, 0.2) is 0 Å². The zero-order valence-corrected chi connectivity index (χ0v) is 11.9. The third kappa shape index (κ3) is 3.18. The van der Waals surface area contributed by atoms with E-state index in [1.165, 1.54) is 0 Å². The van der Waals surface area contributed by atoms with Gasteiger partial charge >= 0.3 is 0 Å². The minimum absolute atomic E-state index is 0.653. The average molecular weight is 287 g/mol. The minimum Gasteiger partial charge on any atom is -0.272 e. The number of hydrogen-bond acceptors (Lipinski definition) is 2. The van der Waals surface area contributed by atoms with Crippen LogP contribution in [0, 0.1) is 6.92 Å². The highest BCUT2D eigenvalue weighted by Gasteiger charge is 2.07. The smallest absolute Gasteiger partial charge is 0.0733 e. The average Bonchev–Trinajstić information content (AvgIpc) is 2.58. The van der Waals surface area contributed by atoms with Crippen LogP contribution in [0.5, 0.6) is 0 Å². The highest BCUT2D eigenvalue weighted by Crippen LogP contribution is 2.33. The predicted molar refractivity (Wildman–Crippen MR) is 73.2 cm³/mol. The second kappa shape index (κ2) is 5.34. The van der Waals surface area contributed by atoms with Gasteiger partial charge in [0.1, 0.15) is 0 Å². The quantitative estimate of drug-likeness (QED) is 0.816. The summed E-state index contributed by atoms with van der Waals surface area (Å²) in [6.07, 6.45) is 2.04. The molecule has 0 fully saturated rings. The maximum atomic E-state index is 5.97. The lowest BCUT2D eigenvalue weighted by Gasteiger charge is -2.01. The fourth-order valence-electron chi connectivity index (χ4n) is 1.48. The van der Waals surface area contributed by atoms with E-state index in [1.807, 2.05) is 29.9 Å². The molecule has 0 unspecified atom stereocenters. The normalized spacial score (nSPS) is 10.8. The van der Waals surface area contributed by atoms with Crippen LogP contribution in [0.3, 0.4) is 0 Å². The van der Waals surface area contributed by atoms with E-state index in [9.17, 15) is 0 Å². The number of nitrogens with zero attached hydrogens (tertiary/aromatic N) is 2. The summed E-state index contributed by atoms with van der Waals surface area (Å²) in [5.74, 6) is 0. The molecule has 17 heavy (non-hydrogen) atoms. The lowest BCUT2D eigenvalue weighted by atomic mass is 10.4. The van der Waals surface area contributed by atoms with Gasteiger partial charge in [-0.25, -0.2) is 0 Å². The van der Waals surface area contributed by atoms with Crippen molar-refractivity contribution >= 4 is 35.0 Å². The van der Waals surface area contributed by atoms with Crippen molar-refractivity contribution in [1.29, 1.82) is 0 Å². The van der Waals surface area contributed by atoms with Crippen molar-refractivity contribution in [3.05, 3.63) is 40.1 Å². The molecule has 0 aliphatic carbocycles. The van der Waals surface area contributed by atoms with E-state index in [2.05, 4.69) is 12.0 Å². The van der Waals surface area contributed by atoms with Gasteiger partial charge in [0.05, 0.1) is 10.6 Å². The van der Waals surface area contributed by atoms with E-state index in [1.54, 1.807) is 17.8 Å². The lowest BCUT2D eigenvalue weighted by molar-refractivity contribution is 0.653. The maximum Gasteiger partial charge on any atom is 0.0733 e. The van der Waals surface area contributed by atoms with Gasteiger partial charge in [0, 0.05) is 27.7 Å². The first-order valence-corrected chi connectivity index (χ1v) is 6.83. The van der Waals surface area contributed by atoms with Crippen molar-refractivity contribution < 1.29 is 0 Å². The summed E-state index contributed by atoms with van der Waals surface area (Å²) in [5, 5.41) is 5.71. The van der Waals surface area contributed by atoms with Crippen LogP contribution in [0.4, 0.5) is 0 Å². The third-order valence-corrected chi connectivity index (χ3v) is 3.82. The maximum absolute atomic E-state index is 5.97. The predicted octanol–water partition coefficient (Wildman–Crippen LogP) is 4.67. The summed E-state index contributed by atoms with van der Waals surface area (Å²) < 4.78 is 1.92. The molecule has 0 spiro atoms. The molecule has 0 bridgehead atoms. The molecule has 0 radical (unpaired) electrons. The molecule has 0 saturated heterocycles. The van der Waals surface area contributed by atoms with Gasteiger partial charge in [-0.3, -0.25) is 4.68 Å². The van der Waals surface area contributed by atoms with Crippen LogP contribution in [-0.2, 0) is 6.54 Å². The molecule has 2 rings (SSSR count). The first kappa shape index (κ1) is 12.8. The highest BCUT2D eigenvalue weighted by molar-refractivity contribution is 7.99. The van der Waals surface area contributed by atoms with Gasteiger partial charge in [-0.05, 0) is 32.0 Å². The molecule has 0 aliphatic rings. The Bertz CT molecular complexity index is 517. The van der Waals surface area contributed by atoms with Gasteiger partial charge in [-0.15, -0.1) is 0 Å². The monoisotopic (exact) mass is 286 g/mol. The van der Waals surface area contributed by atoms with Crippen LogP contribution in [-0.4, -0.2) is 9.78 Å². The molecule has 0 aliphatic heterocycles. The second-order valence-electron chi connectivity index (χ2n) is 3.64.